The van der Waals surface area contributed by atoms with Crippen molar-refractivity contribution in [2.75, 3.05) is 24.5 Å². The van der Waals surface area contributed by atoms with Crippen LogP contribution in [0.2, 0.25) is 0 Å². The van der Waals surface area contributed by atoms with Crippen LogP contribution >= 0.6 is 0 Å². The van der Waals surface area contributed by atoms with Crippen molar-refractivity contribution in [1.82, 2.24) is 30.2 Å². The zero-order valence-corrected chi connectivity index (χ0v) is 15.8. The molecule has 2 N–H and O–H groups in total. The third kappa shape index (κ3) is 4.57. The molecule has 2 aromatic heterocycles. The normalized spacial score (nSPS) is 16.6. The molecule has 3 aromatic rings. The number of rotatable bonds is 6. The lowest BCUT2D eigenvalue weighted by atomic mass is 10.1. The van der Waals surface area contributed by atoms with Gasteiger partial charge in [0, 0.05) is 56.8 Å². The van der Waals surface area contributed by atoms with Gasteiger partial charge in [-0.05, 0) is 12.1 Å². The molecule has 1 aromatic carbocycles. The van der Waals surface area contributed by atoms with Crippen LogP contribution < -0.4 is 15.5 Å². The number of imidazole rings is 1. The Morgan fingerprint density at radius 2 is 2.17 bits per heavy atom. The highest BCUT2D eigenvalue weighted by Crippen LogP contribution is 2.18. The van der Waals surface area contributed by atoms with Crippen LogP contribution in [0.25, 0.3) is 5.95 Å². The van der Waals surface area contributed by atoms with Crippen LogP contribution in [0.5, 0.6) is 0 Å². The summed E-state index contributed by atoms with van der Waals surface area (Å²) in [7, 11) is 0. The first-order valence-electron chi connectivity index (χ1n) is 9.49. The van der Waals surface area contributed by atoms with E-state index in [9.17, 15) is 9.18 Å². The Morgan fingerprint density at radius 3 is 3.00 bits per heavy atom. The lowest BCUT2D eigenvalue weighted by Gasteiger charge is -2.36. The standard InChI is InChI=1S/C20H22FN7O/c21-17-4-2-1-3-15(17)12-25-19(29)11-16-13-22-8-10-28(16)18-5-6-24-20(26-18)27-9-7-23-14-27/h1-7,9,14,16,22H,8,10-13H2,(H,25,29). The van der Waals surface area contributed by atoms with Gasteiger partial charge in [0.1, 0.15) is 18.0 Å². The lowest BCUT2D eigenvalue weighted by Crippen LogP contribution is -2.53. The van der Waals surface area contributed by atoms with Crippen molar-refractivity contribution in [3.8, 4) is 5.95 Å². The minimum atomic E-state index is -0.318. The zero-order chi connectivity index (χ0) is 20.1. The number of anilines is 1. The number of aromatic nitrogens is 4. The fourth-order valence-electron chi connectivity index (χ4n) is 3.37. The van der Waals surface area contributed by atoms with Crippen LogP contribution in [0.3, 0.4) is 0 Å². The Balaban J connectivity index is 1.43. The van der Waals surface area contributed by atoms with Crippen LogP contribution in [0.1, 0.15) is 12.0 Å². The third-order valence-corrected chi connectivity index (χ3v) is 4.86. The number of carbonyl (C=O) groups is 1. The van der Waals surface area contributed by atoms with Gasteiger partial charge in [0.25, 0.3) is 0 Å². The van der Waals surface area contributed by atoms with Crippen LogP contribution in [-0.4, -0.2) is 51.1 Å². The highest BCUT2D eigenvalue weighted by Gasteiger charge is 2.26. The van der Waals surface area contributed by atoms with Crippen LogP contribution in [0.4, 0.5) is 10.2 Å². The van der Waals surface area contributed by atoms with E-state index in [4.69, 9.17) is 0 Å². The molecule has 0 bridgehead atoms. The molecule has 4 rings (SSSR count). The molecule has 8 nitrogen and oxygen atoms in total. The minimum absolute atomic E-state index is 0.0603. The van der Waals surface area contributed by atoms with Crippen molar-refractivity contribution < 1.29 is 9.18 Å². The van der Waals surface area contributed by atoms with Crippen molar-refractivity contribution in [3.05, 3.63) is 66.6 Å². The number of piperazine rings is 1. The number of nitrogens with one attached hydrogen (secondary N) is 2. The first-order valence-corrected chi connectivity index (χ1v) is 9.49. The van der Waals surface area contributed by atoms with Gasteiger partial charge in [0.15, 0.2) is 0 Å². The van der Waals surface area contributed by atoms with E-state index >= 15 is 0 Å². The van der Waals surface area contributed by atoms with Gasteiger partial charge in [-0.15, -0.1) is 0 Å². The van der Waals surface area contributed by atoms with Gasteiger partial charge in [0.05, 0.1) is 6.04 Å². The molecule has 1 amide bonds. The average Bonchev–Trinajstić information content (AvgIpc) is 3.29. The molecular formula is C20H22FN7O. The minimum Gasteiger partial charge on any atom is -0.352 e. The quantitative estimate of drug-likeness (QED) is 0.654. The summed E-state index contributed by atoms with van der Waals surface area (Å²) in [6.45, 7) is 2.37. The van der Waals surface area contributed by atoms with Gasteiger partial charge in [-0.25, -0.2) is 14.4 Å². The molecule has 9 heteroatoms. The van der Waals surface area contributed by atoms with Crippen molar-refractivity contribution in [2.45, 2.75) is 19.0 Å². The number of carbonyl (C=O) groups excluding carboxylic acids is 1. The number of halogens is 1. The van der Waals surface area contributed by atoms with E-state index in [2.05, 4.69) is 30.5 Å². The first-order chi connectivity index (χ1) is 14.2. The molecule has 29 heavy (non-hydrogen) atoms. The fraction of sp³-hybridized carbons (Fsp3) is 0.300. The van der Waals surface area contributed by atoms with E-state index in [1.165, 1.54) is 6.07 Å². The third-order valence-electron chi connectivity index (χ3n) is 4.86. The summed E-state index contributed by atoms with van der Waals surface area (Å²) in [5.41, 5.74) is 0.472. The van der Waals surface area contributed by atoms with Gasteiger partial charge < -0.3 is 15.5 Å². The van der Waals surface area contributed by atoms with Crippen molar-refractivity contribution >= 4 is 11.7 Å². The molecule has 1 saturated heterocycles. The van der Waals surface area contributed by atoms with E-state index in [1.807, 2.05) is 6.07 Å². The van der Waals surface area contributed by atoms with Gasteiger partial charge in [-0.3, -0.25) is 9.36 Å². The number of hydrogen-bond acceptors (Lipinski definition) is 6. The second-order valence-corrected chi connectivity index (χ2v) is 6.81. The molecular weight excluding hydrogens is 373 g/mol. The van der Waals surface area contributed by atoms with Crippen LogP contribution in [-0.2, 0) is 11.3 Å². The second-order valence-electron chi connectivity index (χ2n) is 6.81. The monoisotopic (exact) mass is 395 g/mol. The Hall–Kier alpha value is -3.33. The molecule has 0 aliphatic carbocycles. The van der Waals surface area contributed by atoms with E-state index < -0.39 is 0 Å². The average molecular weight is 395 g/mol. The smallest absolute Gasteiger partial charge is 0.236 e. The van der Waals surface area contributed by atoms with Gasteiger partial charge in [0.2, 0.25) is 11.9 Å². The largest absolute Gasteiger partial charge is 0.352 e. The molecule has 0 saturated carbocycles. The number of amides is 1. The van der Waals surface area contributed by atoms with Crippen LogP contribution in [0.15, 0.2) is 55.2 Å². The molecule has 0 spiro atoms. The number of benzene rings is 1. The van der Waals surface area contributed by atoms with Crippen molar-refractivity contribution in [3.63, 3.8) is 0 Å². The summed E-state index contributed by atoms with van der Waals surface area (Å²) < 4.78 is 15.5. The Kier molecular flexibility index (Phi) is 5.76. The number of nitrogens with zero attached hydrogens (tertiary/aromatic N) is 5. The summed E-state index contributed by atoms with van der Waals surface area (Å²) in [5, 5.41) is 6.14. The lowest BCUT2D eigenvalue weighted by molar-refractivity contribution is -0.121. The zero-order valence-electron chi connectivity index (χ0n) is 15.8. The molecule has 1 aliphatic rings. The van der Waals surface area contributed by atoms with E-state index in [-0.39, 0.29) is 30.7 Å². The maximum Gasteiger partial charge on any atom is 0.236 e. The van der Waals surface area contributed by atoms with Gasteiger partial charge >= 0.3 is 0 Å². The summed E-state index contributed by atoms with van der Waals surface area (Å²) in [6, 6.07) is 8.23. The molecule has 3 heterocycles. The highest BCUT2D eigenvalue weighted by atomic mass is 19.1. The summed E-state index contributed by atoms with van der Waals surface area (Å²) in [5.74, 6) is 0.844. The highest BCUT2D eigenvalue weighted by molar-refractivity contribution is 5.77. The SMILES string of the molecule is O=C(CC1CNCCN1c1ccnc(-n2ccnc2)n1)NCc1ccccc1F. The molecule has 0 radical (unpaired) electrons. The fourth-order valence-corrected chi connectivity index (χ4v) is 3.37. The topological polar surface area (TPSA) is 88.0 Å². The van der Waals surface area contributed by atoms with Crippen molar-refractivity contribution in [2.24, 2.45) is 0 Å². The Labute approximate surface area is 167 Å². The predicted octanol–water partition coefficient (Wildman–Crippen LogP) is 1.29. The predicted molar refractivity (Wildman–Crippen MR) is 106 cm³/mol. The first kappa shape index (κ1) is 19.0. The Bertz CT molecular complexity index is 963. The molecule has 1 fully saturated rings. The summed E-state index contributed by atoms with van der Waals surface area (Å²) in [4.78, 5) is 27.6. The number of hydrogen-bond donors (Lipinski definition) is 2. The van der Waals surface area contributed by atoms with E-state index in [0.29, 0.717) is 18.1 Å². The van der Waals surface area contributed by atoms with Crippen LogP contribution in [0, 0.1) is 5.82 Å². The van der Waals surface area contributed by atoms with Gasteiger partial charge in [-0.1, -0.05) is 18.2 Å². The maximum atomic E-state index is 13.7. The Morgan fingerprint density at radius 1 is 1.28 bits per heavy atom. The second kappa shape index (κ2) is 8.78. The molecule has 1 unspecified atom stereocenters. The van der Waals surface area contributed by atoms with E-state index in [1.54, 1.807) is 47.7 Å². The molecule has 1 atom stereocenters. The van der Waals surface area contributed by atoms with Crippen molar-refractivity contribution in [1.29, 1.82) is 0 Å². The molecule has 1 aliphatic heterocycles. The summed E-state index contributed by atoms with van der Waals surface area (Å²) in [6.07, 6.45) is 7.08. The summed E-state index contributed by atoms with van der Waals surface area (Å²) >= 11 is 0. The van der Waals surface area contributed by atoms with Gasteiger partial charge in [-0.2, -0.15) is 4.98 Å². The molecule has 150 valence electrons. The van der Waals surface area contributed by atoms with E-state index in [0.717, 1.165) is 18.9 Å². The maximum absolute atomic E-state index is 13.7.